The van der Waals surface area contributed by atoms with Crippen LogP contribution in [0.25, 0.3) is 0 Å². The number of ether oxygens (including phenoxy) is 1. The Bertz CT molecular complexity index is 721. The van der Waals surface area contributed by atoms with Crippen LogP contribution in [0.15, 0.2) is 60.7 Å². The summed E-state index contributed by atoms with van der Waals surface area (Å²) in [5.41, 5.74) is 2.20. The van der Waals surface area contributed by atoms with E-state index in [0.29, 0.717) is 19.4 Å². The fourth-order valence-electron chi connectivity index (χ4n) is 3.57. The Morgan fingerprint density at radius 2 is 1.52 bits per heavy atom. The van der Waals surface area contributed by atoms with Crippen molar-refractivity contribution in [2.45, 2.75) is 32.0 Å². The van der Waals surface area contributed by atoms with Gasteiger partial charge in [0.25, 0.3) is 0 Å². The molecule has 1 heterocycles. The molecule has 3 rings (SSSR count). The van der Waals surface area contributed by atoms with Crippen LogP contribution in [-0.4, -0.2) is 47.2 Å². The molecule has 5 nitrogen and oxygen atoms in total. The average molecular weight is 367 g/mol. The van der Waals surface area contributed by atoms with Gasteiger partial charge in [-0.25, -0.2) is 4.79 Å². The normalized spacial score (nSPS) is 19.9. The topological polar surface area (TPSA) is 66.8 Å². The molecular formula is C22H25NO4. The number of carbonyl (C=O) groups is 2. The zero-order valence-corrected chi connectivity index (χ0v) is 15.5. The maximum absolute atomic E-state index is 13.3. The quantitative estimate of drug-likeness (QED) is 0.853. The van der Waals surface area contributed by atoms with Gasteiger partial charge in [0.1, 0.15) is 0 Å². The minimum atomic E-state index is -1.03. The number of aliphatic carboxylic acids is 1. The van der Waals surface area contributed by atoms with E-state index in [0.717, 1.165) is 11.1 Å². The molecule has 0 saturated carbocycles. The summed E-state index contributed by atoms with van der Waals surface area (Å²) in [6.07, 6.45) is -0.0134. The van der Waals surface area contributed by atoms with Crippen molar-refractivity contribution in [2.75, 3.05) is 13.1 Å². The van der Waals surface area contributed by atoms with Gasteiger partial charge in [-0.15, -0.1) is 0 Å². The molecule has 1 N–H and O–H groups in total. The second-order valence-electron chi connectivity index (χ2n) is 7.09. The van der Waals surface area contributed by atoms with Gasteiger partial charge in [0, 0.05) is 12.5 Å². The monoisotopic (exact) mass is 367 g/mol. The first kappa shape index (κ1) is 19.1. The van der Waals surface area contributed by atoms with Crippen molar-refractivity contribution >= 4 is 11.9 Å². The summed E-state index contributed by atoms with van der Waals surface area (Å²) in [7, 11) is 0. The minimum absolute atomic E-state index is 0.0101. The number of carboxylic acid groups (broad SMARTS) is 1. The lowest BCUT2D eigenvalue weighted by atomic mass is 9.91. The van der Waals surface area contributed by atoms with Crippen LogP contribution in [0, 0.1) is 5.92 Å². The van der Waals surface area contributed by atoms with Gasteiger partial charge in [0.05, 0.1) is 12.6 Å². The number of hydrogen-bond donors (Lipinski definition) is 1. The highest BCUT2D eigenvalue weighted by Gasteiger charge is 2.35. The van der Waals surface area contributed by atoms with Crippen LogP contribution < -0.4 is 0 Å². The summed E-state index contributed by atoms with van der Waals surface area (Å²) in [5.74, 6) is -1.28. The number of hydrogen-bond acceptors (Lipinski definition) is 3. The largest absolute Gasteiger partial charge is 0.479 e. The van der Waals surface area contributed by atoms with Gasteiger partial charge in [0.15, 0.2) is 6.10 Å². The third-order valence-electron chi connectivity index (χ3n) is 4.85. The molecule has 1 aliphatic heterocycles. The SMILES string of the molecule is C[C@@H]1CN(C(=O)C(Cc2ccccc2)Cc2ccccc2)CC(C(=O)O)O1. The van der Waals surface area contributed by atoms with Gasteiger partial charge in [-0.05, 0) is 30.9 Å². The molecule has 2 aromatic carbocycles. The van der Waals surface area contributed by atoms with Gasteiger partial charge in [0.2, 0.25) is 5.91 Å². The van der Waals surface area contributed by atoms with E-state index in [1.807, 2.05) is 60.7 Å². The molecule has 0 bridgehead atoms. The second-order valence-corrected chi connectivity index (χ2v) is 7.09. The molecule has 0 aromatic heterocycles. The van der Waals surface area contributed by atoms with Crippen molar-refractivity contribution in [3.8, 4) is 0 Å². The molecule has 27 heavy (non-hydrogen) atoms. The van der Waals surface area contributed by atoms with E-state index in [1.165, 1.54) is 0 Å². The summed E-state index contributed by atoms with van der Waals surface area (Å²) < 4.78 is 5.45. The van der Waals surface area contributed by atoms with Gasteiger partial charge in [-0.1, -0.05) is 60.7 Å². The number of amides is 1. The van der Waals surface area contributed by atoms with Gasteiger partial charge in [-0.3, -0.25) is 4.79 Å². The van der Waals surface area contributed by atoms with Gasteiger partial charge < -0.3 is 14.7 Å². The maximum Gasteiger partial charge on any atom is 0.334 e. The Morgan fingerprint density at radius 3 is 2.00 bits per heavy atom. The van der Waals surface area contributed by atoms with Crippen molar-refractivity contribution in [1.29, 1.82) is 0 Å². The Morgan fingerprint density at radius 1 is 1.00 bits per heavy atom. The smallest absolute Gasteiger partial charge is 0.334 e. The zero-order chi connectivity index (χ0) is 19.2. The van der Waals surface area contributed by atoms with E-state index >= 15 is 0 Å². The van der Waals surface area contributed by atoms with Crippen LogP contribution in [-0.2, 0) is 27.2 Å². The standard InChI is InChI=1S/C22H25NO4/c1-16-14-23(15-20(27-16)22(25)26)21(24)19(12-17-8-4-2-5-9-17)13-18-10-6-3-7-11-18/h2-11,16,19-20H,12-15H2,1H3,(H,25,26)/t16-,20?/m1/s1. The Hall–Kier alpha value is -2.66. The van der Waals surface area contributed by atoms with Crippen LogP contribution >= 0.6 is 0 Å². The summed E-state index contributed by atoms with van der Waals surface area (Å²) in [6.45, 7) is 2.32. The van der Waals surface area contributed by atoms with E-state index in [-0.39, 0.29) is 24.5 Å². The predicted octanol–water partition coefficient (Wildman–Crippen LogP) is 2.79. The Labute approximate surface area is 159 Å². The number of nitrogens with zero attached hydrogens (tertiary/aromatic N) is 1. The molecule has 0 spiro atoms. The van der Waals surface area contributed by atoms with E-state index in [1.54, 1.807) is 11.8 Å². The first-order chi connectivity index (χ1) is 13.0. The van der Waals surface area contributed by atoms with Crippen molar-refractivity contribution < 1.29 is 19.4 Å². The highest BCUT2D eigenvalue weighted by atomic mass is 16.5. The predicted molar refractivity (Wildman–Crippen MR) is 102 cm³/mol. The molecule has 2 atom stereocenters. The summed E-state index contributed by atoms with van der Waals surface area (Å²) >= 11 is 0. The van der Waals surface area contributed by atoms with Crippen molar-refractivity contribution in [3.63, 3.8) is 0 Å². The highest BCUT2D eigenvalue weighted by Crippen LogP contribution is 2.21. The third-order valence-corrected chi connectivity index (χ3v) is 4.85. The molecule has 0 aliphatic carbocycles. The van der Waals surface area contributed by atoms with Gasteiger partial charge >= 0.3 is 5.97 Å². The molecule has 1 unspecified atom stereocenters. The molecule has 5 heteroatoms. The van der Waals surface area contributed by atoms with Crippen molar-refractivity contribution in [1.82, 2.24) is 4.90 Å². The molecule has 0 radical (unpaired) electrons. The zero-order valence-electron chi connectivity index (χ0n) is 15.5. The van der Waals surface area contributed by atoms with Gasteiger partial charge in [-0.2, -0.15) is 0 Å². The average Bonchev–Trinajstić information content (AvgIpc) is 2.68. The molecule has 1 aliphatic rings. The van der Waals surface area contributed by atoms with Crippen LogP contribution in [0.3, 0.4) is 0 Å². The summed E-state index contributed by atoms with van der Waals surface area (Å²) in [6, 6.07) is 19.9. The fourth-order valence-corrected chi connectivity index (χ4v) is 3.57. The number of morpholine rings is 1. The number of benzene rings is 2. The van der Waals surface area contributed by atoms with Crippen molar-refractivity contribution in [3.05, 3.63) is 71.8 Å². The molecule has 1 fully saturated rings. The second kappa shape index (κ2) is 8.82. The summed E-state index contributed by atoms with van der Waals surface area (Å²) in [5, 5.41) is 9.30. The molecule has 1 amide bonds. The third kappa shape index (κ3) is 5.17. The first-order valence-electron chi connectivity index (χ1n) is 9.28. The van der Waals surface area contributed by atoms with Crippen LogP contribution in [0.5, 0.6) is 0 Å². The lowest BCUT2D eigenvalue weighted by molar-refractivity contribution is -0.167. The lowest BCUT2D eigenvalue weighted by Crippen LogP contribution is -2.53. The molecule has 142 valence electrons. The van der Waals surface area contributed by atoms with Crippen LogP contribution in [0.1, 0.15) is 18.1 Å². The molecule has 2 aromatic rings. The Balaban J connectivity index is 1.80. The van der Waals surface area contributed by atoms with E-state index < -0.39 is 12.1 Å². The van der Waals surface area contributed by atoms with Crippen molar-refractivity contribution in [2.24, 2.45) is 5.92 Å². The van der Waals surface area contributed by atoms with Crippen LogP contribution in [0.4, 0.5) is 0 Å². The number of carboxylic acids is 1. The maximum atomic E-state index is 13.3. The minimum Gasteiger partial charge on any atom is -0.479 e. The van der Waals surface area contributed by atoms with E-state index in [4.69, 9.17) is 4.74 Å². The van der Waals surface area contributed by atoms with E-state index in [2.05, 4.69) is 0 Å². The summed E-state index contributed by atoms with van der Waals surface area (Å²) in [4.78, 5) is 26.3. The number of carbonyl (C=O) groups excluding carboxylic acids is 1. The number of rotatable bonds is 6. The fraction of sp³-hybridized carbons (Fsp3) is 0.364. The lowest BCUT2D eigenvalue weighted by Gasteiger charge is -2.37. The highest BCUT2D eigenvalue weighted by molar-refractivity contribution is 5.81. The Kier molecular flexibility index (Phi) is 6.24. The first-order valence-corrected chi connectivity index (χ1v) is 9.28. The molecular weight excluding hydrogens is 342 g/mol. The molecule has 1 saturated heterocycles. The van der Waals surface area contributed by atoms with Crippen LogP contribution in [0.2, 0.25) is 0 Å². The van der Waals surface area contributed by atoms with E-state index in [9.17, 15) is 14.7 Å².